The molecule has 9 rings (SSSR count). The zero-order valence-corrected chi connectivity index (χ0v) is 57.9. The van der Waals surface area contributed by atoms with Gasteiger partial charge in [0.1, 0.15) is 0 Å². The van der Waals surface area contributed by atoms with Crippen LogP contribution in [0.15, 0.2) is 83.6 Å². The highest BCUT2D eigenvalue weighted by atomic mass is 32.1. The third-order valence-electron chi connectivity index (χ3n) is 20.5. The van der Waals surface area contributed by atoms with Crippen LogP contribution in [0.25, 0.3) is 64.0 Å². The molecule has 0 aliphatic carbocycles. The summed E-state index contributed by atoms with van der Waals surface area (Å²) in [5.41, 5.74) is 4.28. The van der Waals surface area contributed by atoms with E-state index < -0.39 is 0 Å². The first-order chi connectivity index (χ1) is 44.2. The highest BCUT2D eigenvalue weighted by Crippen LogP contribution is 2.49. The van der Waals surface area contributed by atoms with E-state index in [9.17, 15) is 19.2 Å². The van der Waals surface area contributed by atoms with E-state index in [4.69, 9.17) is 0 Å². The van der Waals surface area contributed by atoms with Crippen molar-refractivity contribution < 1.29 is 19.2 Å². The van der Waals surface area contributed by atoms with Gasteiger partial charge in [-0.05, 0) is 152 Å². The van der Waals surface area contributed by atoms with Crippen molar-refractivity contribution in [3.63, 3.8) is 0 Å². The number of fused-ring (bicyclic) bond motifs is 6. The number of carbonyl (C=O) groups is 4. The lowest BCUT2D eigenvalue weighted by Gasteiger charge is -2.23. The first-order valence-corrected chi connectivity index (χ1v) is 38.8. The number of carbonyl (C=O) groups excluding carboxylic acids is 4. The summed E-state index contributed by atoms with van der Waals surface area (Å²) in [4.78, 5) is 64.4. The average Bonchev–Trinajstić information content (AvgIpc) is 1.14. The summed E-state index contributed by atoms with van der Waals surface area (Å²) in [7, 11) is 0. The number of nitrogens with zero attached hydrogens (tertiary/aromatic N) is 2. The summed E-state index contributed by atoms with van der Waals surface area (Å²) in [5, 5.41) is 12.4. The predicted octanol–water partition coefficient (Wildman–Crippen LogP) is 25.9. The Morgan fingerprint density at radius 3 is 0.733 bits per heavy atom. The van der Waals surface area contributed by atoms with Gasteiger partial charge in [-0.15, -0.1) is 22.7 Å². The van der Waals surface area contributed by atoms with E-state index in [1.54, 1.807) is 32.5 Å². The molecule has 5 aromatic carbocycles. The Balaban J connectivity index is 0.981. The van der Waals surface area contributed by atoms with Gasteiger partial charge in [-0.1, -0.05) is 271 Å². The molecule has 486 valence electrons. The first-order valence-electron chi connectivity index (χ1n) is 37.0. The van der Waals surface area contributed by atoms with Gasteiger partial charge in [0, 0.05) is 34.0 Å². The number of hydrogen-bond donors (Lipinski definition) is 0. The molecule has 2 atom stereocenters. The minimum absolute atomic E-state index is 0.157. The lowest BCUT2D eigenvalue weighted by atomic mass is 9.86. The maximum atomic E-state index is 14.7. The van der Waals surface area contributed by atoms with Crippen LogP contribution in [0.3, 0.4) is 0 Å². The summed E-state index contributed by atoms with van der Waals surface area (Å²) in [5.74, 6) is -0.0332. The highest BCUT2D eigenvalue weighted by Gasteiger charge is 2.39. The summed E-state index contributed by atoms with van der Waals surface area (Å²) >= 11 is 3.43. The number of imide groups is 2. The van der Waals surface area contributed by atoms with E-state index in [2.05, 4.69) is 87.0 Å². The van der Waals surface area contributed by atoms with Crippen molar-refractivity contribution in [1.82, 2.24) is 9.80 Å². The van der Waals surface area contributed by atoms with E-state index in [0.717, 1.165) is 115 Å². The lowest BCUT2D eigenvalue weighted by Crippen LogP contribution is -2.34. The van der Waals surface area contributed by atoms with Crippen LogP contribution in [0.2, 0.25) is 0 Å². The molecule has 0 saturated carbocycles. The van der Waals surface area contributed by atoms with E-state index in [-0.39, 0.29) is 23.6 Å². The van der Waals surface area contributed by atoms with Gasteiger partial charge in [0.15, 0.2) is 0 Å². The van der Waals surface area contributed by atoms with Crippen molar-refractivity contribution in [2.45, 2.75) is 285 Å². The fourth-order valence-electron chi connectivity index (χ4n) is 15.1. The van der Waals surface area contributed by atoms with Gasteiger partial charge in [0.2, 0.25) is 0 Å². The molecule has 8 heteroatoms. The fraction of sp³-hybridized carbons (Fsp3) is 0.585. The molecule has 0 fully saturated rings. The van der Waals surface area contributed by atoms with Gasteiger partial charge in [0.05, 0.1) is 22.3 Å². The normalized spacial score (nSPS) is 14.0. The first kappa shape index (κ1) is 69.2. The van der Waals surface area contributed by atoms with Gasteiger partial charge in [-0.2, -0.15) is 0 Å². The van der Waals surface area contributed by atoms with Crippen molar-refractivity contribution in [3.05, 3.63) is 106 Å². The predicted molar refractivity (Wildman–Crippen MR) is 388 cm³/mol. The number of hydrogen-bond acceptors (Lipinski definition) is 6. The third-order valence-corrected chi connectivity index (χ3v) is 22.3. The average molecular weight is 1250 g/mol. The van der Waals surface area contributed by atoms with E-state index in [1.807, 2.05) is 24.3 Å². The minimum Gasteiger partial charge on any atom is -0.274 e. The molecule has 2 aliphatic rings. The Morgan fingerprint density at radius 1 is 0.300 bits per heavy atom. The molecule has 0 radical (unpaired) electrons. The molecule has 90 heavy (non-hydrogen) atoms. The maximum Gasteiger partial charge on any atom is 0.261 e. The van der Waals surface area contributed by atoms with E-state index in [1.165, 1.54) is 205 Å². The molecule has 2 aliphatic heterocycles. The van der Waals surface area contributed by atoms with Crippen LogP contribution in [0.1, 0.15) is 326 Å². The highest BCUT2D eigenvalue weighted by molar-refractivity contribution is 7.14. The third kappa shape index (κ3) is 18.6. The van der Waals surface area contributed by atoms with Gasteiger partial charge in [0.25, 0.3) is 23.6 Å². The van der Waals surface area contributed by atoms with Crippen molar-refractivity contribution in [2.24, 2.45) is 11.8 Å². The zero-order chi connectivity index (χ0) is 62.9. The Bertz CT molecular complexity index is 3020. The van der Waals surface area contributed by atoms with Crippen molar-refractivity contribution in [2.75, 3.05) is 13.1 Å². The largest absolute Gasteiger partial charge is 0.274 e. The van der Waals surface area contributed by atoms with Crippen molar-refractivity contribution in [3.8, 4) is 20.9 Å². The van der Waals surface area contributed by atoms with Crippen molar-refractivity contribution in [1.29, 1.82) is 0 Å². The molecule has 4 amide bonds. The number of thiophene rings is 2. The van der Waals surface area contributed by atoms with Crippen LogP contribution in [-0.2, 0) is 0 Å². The molecule has 2 unspecified atom stereocenters. The van der Waals surface area contributed by atoms with Crippen LogP contribution in [0.5, 0.6) is 0 Å². The van der Waals surface area contributed by atoms with Crippen LogP contribution >= 0.6 is 22.7 Å². The molecule has 7 aromatic rings. The quantitative estimate of drug-likeness (QED) is 0.0216. The second-order valence-electron chi connectivity index (χ2n) is 27.6. The second kappa shape index (κ2) is 36.9. The Hall–Kier alpha value is -5.18. The maximum absolute atomic E-state index is 14.7. The molecule has 0 N–H and O–H groups in total. The molecule has 0 saturated heterocycles. The second-order valence-corrected chi connectivity index (χ2v) is 29.5. The molecule has 0 bridgehead atoms. The summed E-state index contributed by atoms with van der Waals surface area (Å²) in [6, 6.07) is 25.7. The van der Waals surface area contributed by atoms with E-state index in [0.29, 0.717) is 47.2 Å². The van der Waals surface area contributed by atoms with Crippen LogP contribution < -0.4 is 0 Å². The Morgan fingerprint density at radius 2 is 0.522 bits per heavy atom. The molecule has 6 nitrogen and oxygen atoms in total. The molecule has 2 aromatic heterocycles. The Kier molecular flexibility index (Phi) is 28.4. The summed E-state index contributed by atoms with van der Waals surface area (Å²) < 4.78 is 0. The van der Waals surface area contributed by atoms with Crippen molar-refractivity contribution >= 4 is 89.4 Å². The standard InChI is InChI=1S/C82H112N2O4S2/c1-5-9-13-17-21-25-27-31-35-39-45-61(43-37-33-29-23-19-15-11-7-3)59-83-79(85)71-55-63-51-67-68(52-64(63)56-72(71)80(83)86)78(76-48-42-50-90-76)70-54-66-58-74-73(57-65(66)53-69(70)77(67)75-47-41-49-89-75)81(87)84(82(74)88)60-62(44-38-34-30-24-20-16-12-8-4)46-40-36-32-28-26-22-18-14-10-6-2/h41-42,47-58,61-62H,5-40,43-46,59-60H2,1-4H3. The molecular weight excluding hydrogens is 1140 g/mol. The van der Waals surface area contributed by atoms with Crippen LogP contribution in [0.4, 0.5) is 0 Å². The number of unbranched alkanes of at least 4 members (excludes halogenated alkanes) is 32. The summed E-state index contributed by atoms with van der Waals surface area (Å²) in [6.45, 7) is 10.1. The monoisotopic (exact) mass is 1250 g/mol. The summed E-state index contributed by atoms with van der Waals surface area (Å²) in [6.07, 6.45) is 50.5. The molecular formula is C82H112N2O4S2. The number of rotatable bonds is 46. The van der Waals surface area contributed by atoms with Crippen LogP contribution in [0, 0.1) is 11.8 Å². The number of benzene rings is 5. The van der Waals surface area contributed by atoms with Gasteiger partial charge in [-0.3, -0.25) is 29.0 Å². The van der Waals surface area contributed by atoms with E-state index >= 15 is 0 Å². The smallest absolute Gasteiger partial charge is 0.261 e. The van der Waals surface area contributed by atoms with Gasteiger partial charge < -0.3 is 0 Å². The lowest BCUT2D eigenvalue weighted by molar-refractivity contribution is 0.0607. The van der Waals surface area contributed by atoms with Gasteiger partial charge in [-0.25, -0.2) is 0 Å². The number of amides is 4. The SMILES string of the molecule is CCCCCCCCCCCCC(CCCCCCCCCC)CN1C(=O)c2cc3cc4c(-c5cccs5)c5cc6cc7c(cc6cc5c(-c5cccs5)c4cc3cc2C1=O)C(=O)N(CC(CCCCCCCCCC)CCCCCCCCCCCC)C7=O. The molecule has 0 spiro atoms. The molecule has 4 heterocycles. The zero-order valence-electron chi connectivity index (χ0n) is 56.3. The minimum atomic E-state index is -0.157. The Labute approximate surface area is 551 Å². The topological polar surface area (TPSA) is 74.8 Å². The fourth-order valence-corrected chi connectivity index (χ4v) is 16.7. The van der Waals surface area contributed by atoms with Gasteiger partial charge >= 0.3 is 0 Å². The van der Waals surface area contributed by atoms with Crippen LogP contribution in [-0.4, -0.2) is 46.5 Å².